The van der Waals surface area contributed by atoms with Crippen molar-refractivity contribution in [3.8, 4) is 17.6 Å². The molecule has 0 aromatic heterocycles. The summed E-state index contributed by atoms with van der Waals surface area (Å²) in [5, 5.41) is 12.2. The van der Waals surface area contributed by atoms with Gasteiger partial charge in [-0.2, -0.15) is 5.26 Å². The lowest BCUT2D eigenvalue weighted by atomic mass is 10.1. The van der Waals surface area contributed by atoms with Gasteiger partial charge in [-0.1, -0.05) is 0 Å². The normalized spacial score (nSPS) is 10.7. The Morgan fingerprint density at radius 1 is 1.03 bits per heavy atom. The number of rotatable bonds is 9. The topological polar surface area (TPSA) is 97.7 Å². The monoisotopic (exact) mass is 486 g/mol. The minimum atomic E-state index is -0.584. The van der Waals surface area contributed by atoms with Crippen molar-refractivity contribution >= 4 is 39.6 Å². The second-order valence-electron chi connectivity index (χ2n) is 6.11. The Hall–Kier alpha value is -3.31. The minimum absolute atomic E-state index is 0.105. The molecule has 2 rings (SSSR count). The summed E-state index contributed by atoms with van der Waals surface area (Å²) in [6, 6.07) is 11.6. The summed E-state index contributed by atoms with van der Waals surface area (Å²) < 4.78 is 16.8. The molecule has 1 N–H and O–H groups in total. The molecule has 0 unspecified atom stereocenters. The SMILES string of the molecule is CCOC(=O)c1ccc(NC(=O)/C(C#N)=C/c2cc(Br)c(OCC)cc2OCC)cc1. The second kappa shape index (κ2) is 11.8. The highest BCUT2D eigenvalue weighted by Gasteiger charge is 2.15. The maximum Gasteiger partial charge on any atom is 0.338 e. The van der Waals surface area contributed by atoms with Gasteiger partial charge in [0, 0.05) is 17.3 Å². The Balaban J connectivity index is 2.27. The van der Waals surface area contributed by atoms with Gasteiger partial charge >= 0.3 is 5.97 Å². The van der Waals surface area contributed by atoms with Gasteiger partial charge in [-0.3, -0.25) is 4.79 Å². The highest BCUT2D eigenvalue weighted by Crippen LogP contribution is 2.34. The van der Waals surface area contributed by atoms with Gasteiger partial charge in [0.2, 0.25) is 0 Å². The summed E-state index contributed by atoms with van der Waals surface area (Å²) in [7, 11) is 0. The van der Waals surface area contributed by atoms with E-state index >= 15 is 0 Å². The third kappa shape index (κ3) is 6.59. The molecule has 31 heavy (non-hydrogen) atoms. The van der Waals surface area contributed by atoms with Crippen molar-refractivity contribution < 1.29 is 23.8 Å². The maximum atomic E-state index is 12.6. The number of hydrogen-bond donors (Lipinski definition) is 1. The summed E-state index contributed by atoms with van der Waals surface area (Å²) in [4.78, 5) is 24.3. The van der Waals surface area contributed by atoms with E-state index in [1.807, 2.05) is 19.9 Å². The van der Waals surface area contributed by atoms with Crippen molar-refractivity contribution in [3.05, 3.63) is 57.6 Å². The molecule has 0 saturated carbocycles. The Morgan fingerprint density at radius 3 is 2.26 bits per heavy atom. The fraction of sp³-hybridized carbons (Fsp3) is 0.261. The number of nitrogens with one attached hydrogen (secondary N) is 1. The zero-order chi connectivity index (χ0) is 22.8. The quantitative estimate of drug-likeness (QED) is 0.305. The Morgan fingerprint density at radius 2 is 1.68 bits per heavy atom. The lowest BCUT2D eigenvalue weighted by molar-refractivity contribution is -0.112. The van der Waals surface area contributed by atoms with E-state index in [9.17, 15) is 14.9 Å². The zero-order valence-electron chi connectivity index (χ0n) is 17.5. The first-order valence-electron chi connectivity index (χ1n) is 9.72. The zero-order valence-corrected chi connectivity index (χ0v) is 19.1. The lowest BCUT2D eigenvalue weighted by Crippen LogP contribution is -2.14. The first-order valence-corrected chi connectivity index (χ1v) is 10.5. The van der Waals surface area contributed by atoms with Crippen LogP contribution in [0.1, 0.15) is 36.7 Å². The van der Waals surface area contributed by atoms with Crippen LogP contribution in [0, 0.1) is 11.3 Å². The Labute approximate surface area is 189 Å². The number of nitriles is 1. The van der Waals surface area contributed by atoms with Crippen LogP contribution in [0.25, 0.3) is 6.08 Å². The van der Waals surface area contributed by atoms with E-state index in [0.29, 0.717) is 46.0 Å². The molecule has 2 aromatic rings. The van der Waals surface area contributed by atoms with Gasteiger partial charge < -0.3 is 19.5 Å². The van der Waals surface area contributed by atoms with Gasteiger partial charge in [0.25, 0.3) is 5.91 Å². The number of esters is 1. The number of carbonyl (C=O) groups is 2. The van der Waals surface area contributed by atoms with Crippen LogP contribution in [0.5, 0.6) is 11.5 Å². The van der Waals surface area contributed by atoms with Gasteiger partial charge in [0.05, 0.1) is 29.9 Å². The van der Waals surface area contributed by atoms with Crippen molar-refractivity contribution in [1.82, 2.24) is 0 Å². The van der Waals surface area contributed by atoms with Gasteiger partial charge in [-0.05, 0) is 73.1 Å². The number of ether oxygens (including phenoxy) is 3. The van der Waals surface area contributed by atoms with E-state index in [4.69, 9.17) is 14.2 Å². The molecule has 0 spiro atoms. The summed E-state index contributed by atoms with van der Waals surface area (Å²) in [5.41, 5.74) is 1.27. The number of amides is 1. The number of carbonyl (C=O) groups excluding carboxylic acids is 2. The minimum Gasteiger partial charge on any atom is -0.493 e. The number of benzene rings is 2. The van der Waals surface area contributed by atoms with Gasteiger partial charge in [-0.25, -0.2) is 4.79 Å². The number of anilines is 1. The van der Waals surface area contributed by atoms with Crippen LogP contribution < -0.4 is 14.8 Å². The standard InChI is InChI=1S/C23H23BrN2O5/c1-4-29-20-13-21(30-5-2)19(24)12-16(20)11-17(14-25)22(27)26-18-9-7-15(8-10-18)23(28)31-6-3/h7-13H,4-6H2,1-3H3,(H,26,27)/b17-11+. The van der Waals surface area contributed by atoms with Crippen molar-refractivity contribution in [1.29, 1.82) is 5.26 Å². The molecule has 0 aliphatic carbocycles. The summed E-state index contributed by atoms with van der Waals surface area (Å²) >= 11 is 3.43. The maximum absolute atomic E-state index is 12.6. The molecule has 0 fully saturated rings. The molecule has 0 aliphatic heterocycles. The second-order valence-corrected chi connectivity index (χ2v) is 6.96. The first-order chi connectivity index (χ1) is 14.9. The molecule has 162 valence electrons. The number of halogens is 1. The highest BCUT2D eigenvalue weighted by molar-refractivity contribution is 9.10. The largest absolute Gasteiger partial charge is 0.493 e. The first kappa shape index (κ1) is 24.0. The van der Waals surface area contributed by atoms with Crippen LogP contribution >= 0.6 is 15.9 Å². The number of hydrogen-bond acceptors (Lipinski definition) is 6. The van der Waals surface area contributed by atoms with E-state index in [-0.39, 0.29) is 12.2 Å². The van der Waals surface area contributed by atoms with E-state index in [0.717, 1.165) is 0 Å². The molecule has 0 bridgehead atoms. The third-order valence-corrected chi connectivity index (χ3v) is 4.60. The average Bonchev–Trinajstić information content (AvgIpc) is 2.75. The van der Waals surface area contributed by atoms with Crippen molar-refractivity contribution in [2.45, 2.75) is 20.8 Å². The summed E-state index contributed by atoms with van der Waals surface area (Å²) in [5.74, 6) is 0.0718. The number of nitrogens with zero attached hydrogens (tertiary/aromatic N) is 1. The van der Waals surface area contributed by atoms with E-state index < -0.39 is 11.9 Å². The van der Waals surface area contributed by atoms with Crippen LogP contribution in [0.15, 0.2) is 46.4 Å². The molecule has 0 heterocycles. The Kier molecular flexibility index (Phi) is 9.10. The van der Waals surface area contributed by atoms with Crippen LogP contribution in [-0.4, -0.2) is 31.7 Å². The molecule has 2 aromatic carbocycles. The van der Waals surface area contributed by atoms with Gasteiger partial charge in [-0.15, -0.1) is 0 Å². The van der Waals surface area contributed by atoms with Gasteiger partial charge in [0.1, 0.15) is 23.1 Å². The fourth-order valence-corrected chi connectivity index (χ4v) is 3.09. The molecule has 0 saturated heterocycles. The molecule has 7 nitrogen and oxygen atoms in total. The predicted octanol–water partition coefficient (Wildman–Crippen LogP) is 4.97. The molecular weight excluding hydrogens is 464 g/mol. The van der Waals surface area contributed by atoms with E-state index in [1.165, 1.54) is 6.08 Å². The van der Waals surface area contributed by atoms with Crippen LogP contribution in [0.4, 0.5) is 5.69 Å². The summed E-state index contributed by atoms with van der Waals surface area (Å²) in [6.45, 7) is 6.61. The van der Waals surface area contributed by atoms with Crippen LogP contribution in [0.2, 0.25) is 0 Å². The fourth-order valence-electron chi connectivity index (χ4n) is 2.62. The van der Waals surface area contributed by atoms with E-state index in [1.54, 1.807) is 43.3 Å². The van der Waals surface area contributed by atoms with Gasteiger partial charge in [0.15, 0.2) is 0 Å². The summed E-state index contributed by atoms with van der Waals surface area (Å²) in [6.07, 6.45) is 1.45. The van der Waals surface area contributed by atoms with Crippen LogP contribution in [0.3, 0.4) is 0 Å². The predicted molar refractivity (Wildman–Crippen MR) is 121 cm³/mol. The molecule has 8 heteroatoms. The molecule has 0 aliphatic rings. The smallest absolute Gasteiger partial charge is 0.338 e. The van der Waals surface area contributed by atoms with Crippen molar-refractivity contribution in [3.63, 3.8) is 0 Å². The average molecular weight is 487 g/mol. The lowest BCUT2D eigenvalue weighted by Gasteiger charge is -2.13. The third-order valence-electron chi connectivity index (χ3n) is 3.98. The van der Waals surface area contributed by atoms with E-state index in [2.05, 4.69) is 21.2 Å². The molecule has 1 amide bonds. The van der Waals surface area contributed by atoms with Crippen LogP contribution in [-0.2, 0) is 9.53 Å². The van der Waals surface area contributed by atoms with Crippen molar-refractivity contribution in [2.24, 2.45) is 0 Å². The van der Waals surface area contributed by atoms with Crippen molar-refractivity contribution in [2.75, 3.05) is 25.1 Å². The molecular formula is C23H23BrN2O5. The Bertz CT molecular complexity index is 1010. The molecule has 0 radical (unpaired) electrons. The molecule has 0 atom stereocenters. The highest BCUT2D eigenvalue weighted by atomic mass is 79.9.